The summed E-state index contributed by atoms with van der Waals surface area (Å²) in [5.74, 6) is 0.146. The molecule has 2 aromatic heterocycles. The van der Waals surface area contributed by atoms with Crippen molar-refractivity contribution in [1.82, 2.24) is 14.5 Å². The van der Waals surface area contributed by atoms with Crippen LogP contribution in [0.25, 0.3) is 11.2 Å². The summed E-state index contributed by atoms with van der Waals surface area (Å²) < 4.78 is 77.1. The third-order valence-electron chi connectivity index (χ3n) is 2.65. The summed E-state index contributed by atoms with van der Waals surface area (Å²) in [7, 11) is 1.30. The zero-order valence-corrected chi connectivity index (χ0v) is 9.69. The van der Waals surface area contributed by atoms with Gasteiger partial charge in [0.1, 0.15) is 17.0 Å². The summed E-state index contributed by atoms with van der Waals surface area (Å²) in [5.41, 5.74) is -4.05. The molecule has 104 valence electrons. The smallest absolute Gasteiger partial charge is 0.316 e. The molecule has 0 aromatic carbocycles. The standard InChI is InChI=1S/C10H7F6N3/c1-4-17-7-5(9(11,12)13)3-6(10(14,15)16)18-8(7)19(4)2/h3H,1-2H3. The first-order chi connectivity index (χ1) is 8.51. The number of nitrogens with zero attached hydrogens (tertiary/aromatic N) is 3. The van der Waals surface area contributed by atoms with E-state index in [4.69, 9.17) is 0 Å². The summed E-state index contributed by atoms with van der Waals surface area (Å²) in [6.45, 7) is 1.38. The van der Waals surface area contributed by atoms with Crippen molar-refractivity contribution in [2.45, 2.75) is 19.3 Å². The fourth-order valence-corrected chi connectivity index (χ4v) is 1.62. The number of imidazole rings is 1. The third-order valence-corrected chi connectivity index (χ3v) is 2.65. The first kappa shape index (κ1) is 13.6. The lowest BCUT2D eigenvalue weighted by Gasteiger charge is -2.11. The second-order valence-corrected chi connectivity index (χ2v) is 3.94. The Kier molecular flexibility index (Phi) is 2.76. The number of rotatable bonds is 0. The number of alkyl halides is 6. The van der Waals surface area contributed by atoms with Crippen molar-refractivity contribution in [2.24, 2.45) is 7.05 Å². The van der Waals surface area contributed by atoms with Crippen molar-refractivity contribution in [2.75, 3.05) is 0 Å². The van der Waals surface area contributed by atoms with E-state index >= 15 is 0 Å². The maximum absolute atomic E-state index is 12.8. The highest BCUT2D eigenvalue weighted by Gasteiger charge is 2.40. The Bertz CT molecular complexity index is 637. The minimum absolute atomic E-state index is 0.0191. The van der Waals surface area contributed by atoms with Crippen LogP contribution >= 0.6 is 0 Å². The fraction of sp³-hybridized carbons (Fsp3) is 0.400. The van der Waals surface area contributed by atoms with E-state index < -0.39 is 34.8 Å². The average molecular weight is 283 g/mol. The minimum atomic E-state index is -4.95. The molecule has 0 aliphatic heterocycles. The van der Waals surface area contributed by atoms with Crippen LogP contribution in [0.3, 0.4) is 0 Å². The topological polar surface area (TPSA) is 30.7 Å². The van der Waals surface area contributed by atoms with Crippen LogP contribution in [0.5, 0.6) is 0 Å². The molecule has 0 atom stereocenters. The van der Waals surface area contributed by atoms with Crippen LogP contribution in [-0.2, 0) is 19.4 Å². The van der Waals surface area contributed by atoms with E-state index in [-0.39, 0.29) is 11.9 Å². The van der Waals surface area contributed by atoms with E-state index in [1.54, 1.807) is 0 Å². The van der Waals surface area contributed by atoms with Gasteiger partial charge >= 0.3 is 12.4 Å². The van der Waals surface area contributed by atoms with Crippen LogP contribution in [0.15, 0.2) is 6.07 Å². The lowest BCUT2D eigenvalue weighted by Crippen LogP contribution is -2.14. The Hall–Kier alpha value is -1.80. The van der Waals surface area contributed by atoms with Gasteiger partial charge in [-0.3, -0.25) is 0 Å². The quantitative estimate of drug-likeness (QED) is 0.694. The second kappa shape index (κ2) is 3.84. The monoisotopic (exact) mass is 283 g/mol. The Labute approximate surface area is 102 Å². The zero-order chi connectivity index (χ0) is 14.6. The summed E-state index contributed by atoms with van der Waals surface area (Å²) in [5, 5.41) is 0. The largest absolute Gasteiger partial charge is 0.433 e. The first-order valence-electron chi connectivity index (χ1n) is 5.00. The maximum atomic E-state index is 12.8. The molecule has 0 fully saturated rings. The highest BCUT2D eigenvalue weighted by Crippen LogP contribution is 2.38. The third kappa shape index (κ3) is 2.24. The van der Waals surface area contributed by atoms with Crippen LogP contribution in [0.1, 0.15) is 17.1 Å². The van der Waals surface area contributed by atoms with E-state index in [1.165, 1.54) is 14.0 Å². The SMILES string of the molecule is Cc1nc2c(C(F)(F)F)cc(C(F)(F)F)nc2n1C. The summed E-state index contributed by atoms with van der Waals surface area (Å²) in [6.07, 6.45) is -9.88. The van der Waals surface area contributed by atoms with Crippen LogP contribution < -0.4 is 0 Å². The minimum Gasteiger partial charge on any atom is -0.316 e. The van der Waals surface area contributed by atoms with E-state index in [0.29, 0.717) is 0 Å². The van der Waals surface area contributed by atoms with E-state index in [9.17, 15) is 26.3 Å². The van der Waals surface area contributed by atoms with Gasteiger partial charge in [-0.25, -0.2) is 9.97 Å². The molecule has 0 aliphatic rings. The number of halogens is 6. The molecule has 0 unspecified atom stereocenters. The van der Waals surface area contributed by atoms with Crippen molar-refractivity contribution in [3.05, 3.63) is 23.1 Å². The highest BCUT2D eigenvalue weighted by molar-refractivity contribution is 5.76. The predicted molar refractivity (Wildman–Crippen MR) is 53.3 cm³/mol. The molecule has 0 saturated carbocycles. The lowest BCUT2D eigenvalue weighted by molar-refractivity contribution is -0.144. The number of pyridine rings is 1. The number of aryl methyl sites for hydroxylation is 2. The van der Waals surface area contributed by atoms with E-state index in [0.717, 1.165) is 4.57 Å². The Morgan fingerprint density at radius 2 is 1.58 bits per heavy atom. The van der Waals surface area contributed by atoms with Crippen molar-refractivity contribution in [3.63, 3.8) is 0 Å². The molecular formula is C10H7F6N3. The van der Waals surface area contributed by atoms with Gasteiger partial charge in [-0.2, -0.15) is 26.3 Å². The zero-order valence-electron chi connectivity index (χ0n) is 9.69. The van der Waals surface area contributed by atoms with Crippen molar-refractivity contribution in [1.29, 1.82) is 0 Å². The molecule has 19 heavy (non-hydrogen) atoms. The number of hydrogen-bond acceptors (Lipinski definition) is 2. The van der Waals surface area contributed by atoms with Gasteiger partial charge in [0.25, 0.3) is 0 Å². The number of fused-ring (bicyclic) bond motifs is 1. The fourth-order valence-electron chi connectivity index (χ4n) is 1.62. The second-order valence-electron chi connectivity index (χ2n) is 3.94. The molecule has 9 heteroatoms. The first-order valence-corrected chi connectivity index (χ1v) is 5.00. The Morgan fingerprint density at radius 3 is 2.05 bits per heavy atom. The highest BCUT2D eigenvalue weighted by atomic mass is 19.4. The van der Waals surface area contributed by atoms with Crippen molar-refractivity contribution < 1.29 is 26.3 Å². The van der Waals surface area contributed by atoms with E-state index in [1.807, 2.05) is 0 Å². The van der Waals surface area contributed by atoms with Gasteiger partial charge in [0.2, 0.25) is 0 Å². The van der Waals surface area contributed by atoms with Crippen molar-refractivity contribution in [3.8, 4) is 0 Å². The van der Waals surface area contributed by atoms with Gasteiger partial charge in [-0.1, -0.05) is 0 Å². The molecule has 0 N–H and O–H groups in total. The molecule has 0 spiro atoms. The van der Waals surface area contributed by atoms with Gasteiger partial charge in [0.05, 0.1) is 5.56 Å². The maximum Gasteiger partial charge on any atom is 0.433 e. The molecular weight excluding hydrogens is 276 g/mol. The molecule has 2 aromatic rings. The molecule has 2 heterocycles. The van der Waals surface area contributed by atoms with Gasteiger partial charge in [0, 0.05) is 7.05 Å². The normalized spacial score (nSPS) is 13.3. The van der Waals surface area contributed by atoms with Gasteiger partial charge in [0.15, 0.2) is 5.65 Å². The Morgan fingerprint density at radius 1 is 1.00 bits per heavy atom. The van der Waals surface area contributed by atoms with Crippen molar-refractivity contribution >= 4 is 11.2 Å². The summed E-state index contributed by atoms with van der Waals surface area (Å²) in [4.78, 5) is 6.83. The van der Waals surface area contributed by atoms with Crippen LogP contribution in [0.4, 0.5) is 26.3 Å². The summed E-state index contributed by atoms with van der Waals surface area (Å²) in [6, 6.07) is -0.0191. The van der Waals surface area contributed by atoms with Gasteiger partial charge < -0.3 is 4.57 Å². The predicted octanol–water partition coefficient (Wildman–Crippen LogP) is 3.31. The number of aromatic nitrogens is 3. The Balaban J connectivity index is 2.89. The molecule has 2 rings (SSSR count). The molecule has 0 saturated heterocycles. The van der Waals surface area contributed by atoms with Crippen LogP contribution in [0, 0.1) is 6.92 Å². The van der Waals surface area contributed by atoms with E-state index in [2.05, 4.69) is 9.97 Å². The molecule has 0 amide bonds. The van der Waals surface area contributed by atoms with Crippen LogP contribution in [-0.4, -0.2) is 14.5 Å². The van der Waals surface area contributed by atoms with Crippen LogP contribution in [0.2, 0.25) is 0 Å². The molecule has 0 bridgehead atoms. The van der Waals surface area contributed by atoms with Gasteiger partial charge in [-0.05, 0) is 13.0 Å². The lowest BCUT2D eigenvalue weighted by atomic mass is 10.2. The van der Waals surface area contributed by atoms with Gasteiger partial charge in [-0.15, -0.1) is 0 Å². The molecule has 0 radical (unpaired) electrons. The number of hydrogen-bond donors (Lipinski definition) is 0. The molecule has 3 nitrogen and oxygen atoms in total. The summed E-state index contributed by atoms with van der Waals surface area (Å²) >= 11 is 0. The molecule has 0 aliphatic carbocycles. The average Bonchev–Trinajstić information content (AvgIpc) is 2.51.